The molecular weight excluding hydrogens is 312 g/mol. The molecule has 1 aliphatic carbocycles. The van der Waals surface area contributed by atoms with E-state index in [-0.39, 0.29) is 11.7 Å². The van der Waals surface area contributed by atoms with Gasteiger partial charge >= 0.3 is 5.97 Å². The fourth-order valence-electron chi connectivity index (χ4n) is 3.60. The average molecular weight is 334 g/mol. The average Bonchev–Trinajstić information content (AvgIpc) is 3.29. The van der Waals surface area contributed by atoms with Gasteiger partial charge in [-0.3, -0.25) is 4.79 Å². The Kier molecular flexibility index (Phi) is 5.55. The van der Waals surface area contributed by atoms with Crippen molar-refractivity contribution in [1.29, 1.82) is 0 Å². The van der Waals surface area contributed by atoms with Gasteiger partial charge in [-0.15, -0.1) is 10.2 Å². The molecule has 2 heterocycles. The molecule has 1 fully saturated rings. The molecule has 1 N–H and O–H groups in total. The molecule has 1 saturated carbocycles. The molecule has 3 rings (SSSR count). The second-order valence-electron chi connectivity index (χ2n) is 6.54. The third-order valence-electron chi connectivity index (χ3n) is 4.97. The highest BCUT2D eigenvalue weighted by atomic mass is 16.5. The van der Waals surface area contributed by atoms with Crippen molar-refractivity contribution < 1.29 is 18.9 Å². The molecular formula is C16H22N4O4. The van der Waals surface area contributed by atoms with Gasteiger partial charge in [-0.2, -0.15) is 0 Å². The standard InChI is InChI=1S/C16H22N4O4/c21-16(22)13(15-10-18-20-24-15)8-12(14-9-17-19-23-14)7-6-11-4-2-1-3-5-11/h9-13H,1-8H2,(H,21,22). The topological polar surface area (TPSA) is 115 Å². The van der Waals surface area contributed by atoms with Crippen LogP contribution in [0.4, 0.5) is 0 Å². The quantitative estimate of drug-likeness (QED) is 0.782. The van der Waals surface area contributed by atoms with Crippen LogP contribution in [0.15, 0.2) is 21.4 Å². The highest BCUT2D eigenvalue weighted by Crippen LogP contribution is 2.36. The molecule has 130 valence electrons. The van der Waals surface area contributed by atoms with E-state index in [1.165, 1.54) is 38.3 Å². The van der Waals surface area contributed by atoms with E-state index in [2.05, 4.69) is 20.7 Å². The Labute approximate surface area is 139 Å². The van der Waals surface area contributed by atoms with E-state index in [1.54, 1.807) is 6.20 Å². The van der Waals surface area contributed by atoms with Crippen LogP contribution in [0.5, 0.6) is 0 Å². The lowest BCUT2D eigenvalue weighted by atomic mass is 9.81. The fourth-order valence-corrected chi connectivity index (χ4v) is 3.60. The number of carbonyl (C=O) groups is 1. The van der Waals surface area contributed by atoms with Crippen LogP contribution >= 0.6 is 0 Å². The minimum absolute atomic E-state index is 0.0619. The summed E-state index contributed by atoms with van der Waals surface area (Å²) in [5, 5.41) is 23.8. The third-order valence-corrected chi connectivity index (χ3v) is 4.97. The molecule has 24 heavy (non-hydrogen) atoms. The summed E-state index contributed by atoms with van der Waals surface area (Å²) in [6.45, 7) is 0. The van der Waals surface area contributed by atoms with Crippen LogP contribution in [0, 0.1) is 5.92 Å². The molecule has 0 spiro atoms. The zero-order valence-electron chi connectivity index (χ0n) is 13.5. The summed E-state index contributed by atoms with van der Waals surface area (Å²) < 4.78 is 10.2. The lowest BCUT2D eigenvalue weighted by molar-refractivity contribution is -0.139. The molecule has 2 atom stereocenters. The number of rotatable bonds is 8. The summed E-state index contributed by atoms with van der Waals surface area (Å²) in [7, 11) is 0. The Balaban J connectivity index is 1.68. The Bertz CT molecular complexity index is 608. The molecule has 1 aliphatic rings. The number of hydrogen-bond acceptors (Lipinski definition) is 7. The van der Waals surface area contributed by atoms with E-state index in [0.717, 1.165) is 12.8 Å². The summed E-state index contributed by atoms with van der Waals surface area (Å²) >= 11 is 0. The number of hydrogen-bond donors (Lipinski definition) is 1. The molecule has 0 amide bonds. The third kappa shape index (κ3) is 4.18. The summed E-state index contributed by atoms with van der Waals surface area (Å²) in [6, 6.07) is 0. The first-order valence-corrected chi connectivity index (χ1v) is 8.51. The first-order valence-electron chi connectivity index (χ1n) is 8.51. The number of aromatic nitrogens is 4. The Morgan fingerprint density at radius 2 is 1.79 bits per heavy atom. The zero-order chi connectivity index (χ0) is 16.8. The molecule has 8 heteroatoms. The van der Waals surface area contributed by atoms with Crippen LogP contribution in [-0.4, -0.2) is 31.8 Å². The van der Waals surface area contributed by atoms with Crippen molar-refractivity contribution in [2.24, 2.45) is 5.92 Å². The van der Waals surface area contributed by atoms with Crippen LogP contribution in [0.3, 0.4) is 0 Å². The van der Waals surface area contributed by atoms with Crippen molar-refractivity contribution in [3.05, 3.63) is 23.9 Å². The van der Waals surface area contributed by atoms with Gasteiger partial charge in [-0.05, 0) is 25.2 Å². The van der Waals surface area contributed by atoms with Crippen molar-refractivity contribution in [3.8, 4) is 0 Å². The number of carboxylic acids is 1. The van der Waals surface area contributed by atoms with Gasteiger partial charge < -0.3 is 14.2 Å². The minimum atomic E-state index is -0.955. The zero-order valence-corrected chi connectivity index (χ0v) is 13.5. The van der Waals surface area contributed by atoms with Crippen molar-refractivity contribution in [1.82, 2.24) is 20.7 Å². The van der Waals surface area contributed by atoms with Gasteiger partial charge in [0.2, 0.25) is 0 Å². The van der Waals surface area contributed by atoms with Crippen LogP contribution in [-0.2, 0) is 4.79 Å². The van der Waals surface area contributed by atoms with E-state index in [0.29, 0.717) is 18.1 Å². The Hall–Kier alpha value is -2.25. The van der Waals surface area contributed by atoms with Gasteiger partial charge in [0.15, 0.2) is 11.5 Å². The van der Waals surface area contributed by atoms with Crippen molar-refractivity contribution in [3.63, 3.8) is 0 Å². The maximum Gasteiger partial charge on any atom is 0.314 e. The highest BCUT2D eigenvalue weighted by Gasteiger charge is 2.31. The van der Waals surface area contributed by atoms with E-state index in [1.807, 2.05) is 0 Å². The first kappa shape index (κ1) is 16.6. The summed E-state index contributed by atoms with van der Waals surface area (Å²) in [6.07, 6.45) is 11.6. The van der Waals surface area contributed by atoms with Gasteiger partial charge in [0.1, 0.15) is 5.92 Å². The van der Waals surface area contributed by atoms with Crippen molar-refractivity contribution in [2.45, 2.75) is 63.2 Å². The molecule has 0 aromatic carbocycles. The van der Waals surface area contributed by atoms with Crippen molar-refractivity contribution >= 4 is 5.97 Å². The normalized spacial score (nSPS) is 18.3. The van der Waals surface area contributed by atoms with E-state index in [4.69, 9.17) is 9.05 Å². The molecule has 2 unspecified atom stereocenters. The van der Waals surface area contributed by atoms with Crippen LogP contribution in [0.2, 0.25) is 0 Å². The van der Waals surface area contributed by atoms with E-state index >= 15 is 0 Å². The minimum Gasteiger partial charge on any atom is -0.481 e. The number of aliphatic carboxylic acids is 1. The van der Waals surface area contributed by atoms with Crippen LogP contribution in [0.25, 0.3) is 0 Å². The Morgan fingerprint density at radius 1 is 1.12 bits per heavy atom. The molecule has 8 nitrogen and oxygen atoms in total. The van der Waals surface area contributed by atoms with Gasteiger partial charge in [0.05, 0.1) is 12.4 Å². The first-order chi connectivity index (χ1) is 11.7. The highest BCUT2D eigenvalue weighted by molar-refractivity contribution is 5.75. The summed E-state index contributed by atoms with van der Waals surface area (Å²) in [5.41, 5.74) is 0. The predicted molar refractivity (Wildman–Crippen MR) is 82.1 cm³/mol. The maximum absolute atomic E-state index is 11.6. The van der Waals surface area contributed by atoms with Gasteiger partial charge in [0.25, 0.3) is 0 Å². The van der Waals surface area contributed by atoms with Crippen LogP contribution < -0.4 is 0 Å². The van der Waals surface area contributed by atoms with Gasteiger partial charge in [-0.1, -0.05) is 32.1 Å². The molecule has 0 saturated heterocycles. The van der Waals surface area contributed by atoms with Gasteiger partial charge in [-0.25, -0.2) is 0 Å². The second kappa shape index (κ2) is 8.03. The Morgan fingerprint density at radius 3 is 2.38 bits per heavy atom. The molecule has 0 bridgehead atoms. The number of carboxylic acid groups (broad SMARTS) is 1. The monoisotopic (exact) mass is 334 g/mol. The molecule has 2 aromatic heterocycles. The second-order valence-corrected chi connectivity index (χ2v) is 6.54. The fraction of sp³-hybridized carbons (Fsp3) is 0.688. The lowest BCUT2D eigenvalue weighted by Crippen LogP contribution is -2.16. The van der Waals surface area contributed by atoms with Gasteiger partial charge in [0, 0.05) is 16.5 Å². The van der Waals surface area contributed by atoms with E-state index < -0.39 is 11.9 Å². The molecule has 0 radical (unpaired) electrons. The predicted octanol–water partition coefficient (Wildman–Crippen LogP) is 3.16. The summed E-state index contributed by atoms with van der Waals surface area (Å²) in [5.74, 6) is -0.215. The van der Waals surface area contributed by atoms with Crippen LogP contribution in [0.1, 0.15) is 74.7 Å². The SMILES string of the molecule is O=C(O)C(CC(CCC1CCCCC1)c1cnno1)c1cnno1. The molecule has 0 aliphatic heterocycles. The maximum atomic E-state index is 11.6. The van der Waals surface area contributed by atoms with Crippen molar-refractivity contribution in [2.75, 3.05) is 0 Å². The smallest absolute Gasteiger partial charge is 0.314 e. The molecule has 2 aromatic rings. The number of nitrogens with zero attached hydrogens (tertiary/aromatic N) is 4. The largest absolute Gasteiger partial charge is 0.481 e. The summed E-state index contributed by atoms with van der Waals surface area (Å²) in [4.78, 5) is 11.6. The lowest BCUT2D eigenvalue weighted by Gasteiger charge is -2.24. The van der Waals surface area contributed by atoms with E-state index in [9.17, 15) is 9.90 Å².